The highest BCUT2D eigenvalue weighted by Crippen LogP contribution is 2.25. The van der Waals surface area contributed by atoms with E-state index >= 15 is 0 Å². The first-order valence-electron chi connectivity index (χ1n) is 9.48. The van der Waals surface area contributed by atoms with E-state index in [0.717, 1.165) is 55.2 Å². The van der Waals surface area contributed by atoms with Crippen molar-refractivity contribution >= 4 is 17.1 Å². The lowest BCUT2D eigenvalue weighted by Gasteiger charge is -2.23. The Kier molecular flexibility index (Phi) is 12.4. The average molecular weight is 398 g/mol. The van der Waals surface area contributed by atoms with Crippen molar-refractivity contribution in [1.82, 2.24) is 20.3 Å². The molecular weight excluding hydrogens is 366 g/mol. The number of ether oxygens (including phenoxy) is 1. The summed E-state index contributed by atoms with van der Waals surface area (Å²) in [5.74, 6) is 0.796. The van der Waals surface area contributed by atoms with Gasteiger partial charge in [-0.1, -0.05) is 25.7 Å². The normalized spacial score (nSPS) is 11.1. The van der Waals surface area contributed by atoms with E-state index in [1.54, 1.807) is 37.7 Å². The van der Waals surface area contributed by atoms with Crippen LogP contribution in [0.5, 0.6) is 0 Å². The van der Waals surface area contributed by atoms with Gasteiger partial charge in [-0.3, -0.25) is 4.98 Å². The van der Waals surface area contributed by atoms with Crippen molar-refractivity contribution in [3.05, 3.63) is 73.7 Å². The fourth-order valence-corrected chi connectivity index (χ4v) is 2.41. The maximum atomic E-state index is 9.05. The molecule has 0 aliphatic carbocycles. The third-order valence-corrected chi connectivity index (χ3v) is 3.75. The summed E-state index contributed by atoms with van der Waals surface area (Å²) in [5.41, 5.74) is 2.51. The summed E-state index contributed by atoms with van der Waals surface area (Å²) >= 11 is 0. The van der Waals surface area contributed by atoms with Crippen molar-refractivity contribution in [3.63, 3.8) is 0 Å². The number of likely N-dealkylation sites (N-methyl/N-ethyl adjacent to an activating group) is 1. The molecule has 29 heavy (non-hydrogen) atoms. The summed E-state index contributed by atoms with van der Waals surface area (Å²) in [6.45, 7) is 8.38. The van der Waals surface area contributed by atoms with Crippen molar-refractivity contribution in [2.45, 2.75) is 13.3 Å². The van der Waals surface area contributed by atoms with Gasteiger partial charge < -0.3 is 20.1 Å². The Morgan fingerprint density at radius 1 is 1.31 bits per heavy atom. The zero-order chi connectivity index (χ0) is 21.3. The number of methoxy groups -OCH3 is 1. The second kappa shape index (κ2) is 15.0. The van der Waals surface area contributed by atoms with Crippen LogP contribution in [0.15, 0.2) is 68.0 Å². The van der Waals surface area contributed by atoms with Gasteiger partial charge in [-0.2, -0.15) is 0 Å². The van der Waals surface area contributed by atoms with Crippen molar-refractivity contribution in [2.24, 2.45) is 0 Å². The van der Waals surface area contributed by atoms with Crippen molar-refractivity contribution < 1.29 is 9.84 Å². The van der Waals surface area contributed by atoms with Crippen molar-refractivity contribution in [2.75, 3.05) is 38.8 Å². The van der Waals surface area contributed by atoms with Gasteiger partial charge in [0.1, 0.15) is 12.1 Å². The second-order valence-electron chi connectivity index (χ2n) is 5.89. The first-order chi connectivity index (χ1) is 14.2. The van der Waals surface area contributed by atoms with Gasteiger partial charge in [0.25, 0.3) is 0 Å². The van der Waals surface area contributed by atoms with E-state index in [9.17, 15) is 0 Å². The number of aromatic nitrogens is 3. The van der Waals surface area contributed by atoms with E-state index in [0.29, 0.717) is 0 Å². The number of pyridine rings is 1. The zero-order valence-corrected chi connectivity index (χ0v) is 17.5. The van der Waals surface area contributed by atoms with E-state index in [1.807, 2.05) is 25.2 Å². The minimum atomic E-state index is 0.718. The molecule has 156 valence electrons. The van der Waals surface area contributed by atoms with Crippen LogP contribution in [0.2, 0.25) is 0 Å². The Morgan fingerprint density at radius 2 is 2.07 bits per heavy atom. The van der Waals surface area contributed by atoms with Gasteiger partial charge in [-0.05, 0) is 31.7 Å². The lowest BCUT2D eigenvalue weighted by Crippen LogP contribution is -2.19. The summed E-state index contributed by atoms with van der Waals surface area (Å²) in [6, 6.07) is 5.79. The van der Waals surface area contributed by atoms with Crippen LogP contribution in [0, 0.1) is 0 Å². The Hall–Kier alpha value is -3.03. The van der Waals surface area contributed by atoms with Crippen LogP contribution >= 0.6 is 0 Å². The standard InChI is InChI=1S/C18H20N4O.C4H11NO/c1-3-5-15(8-12-23)17-13-18(21-14-20-17)22(11-4-2)16-6-9-19-10-7-16;1-5-3-4-6-2/h3,5-10,12-14,23H,1,4,11H2,2H3;5H,3-4H2,1-2H3/b12-8+,15-5+;. The monoisotopic (exact) mass is 397 g/mol. The molecule has 0 aliphatic rings. The minimum Gasteiger partial charge on any atom is -0.516 e. The molecule has 0 aliphatic heterocycles. The SMILES string of the molecule is C=C/C=C(\C=C\O)c1cc(N(CCC)c2ccncc2)ncn1.CNCCOC. The number of hydrogen-bond donors (Lipinski definition) is 2. The van der Waals surface area contributed by atoms with Gasteiger partial charge in [0, 0.05) is 49.9 Å². The fraction of sp³-hybridized carbons (Fsp3) is 0.318. The highest BCUT2D eigenvalue weighted by Gasteiger charge is 2.11. The molecule has 0 amide bonds. The predicted molar refractivity (Wildman–Crippen MR) is 119 cm³/mol. The van der Waals surface area contributed by atoms with E-state index in [2.05, 4.69) is 38.7 Å². The summed E-state index contributed by atoms with van der Waals surface area (Å²) in [5, 5.41) is 12.0. The Bertz CT molecular complexity index is 759. The van der Waals surface area contributed by atoms with Crippen molar-refractivity contribution in [1.29, 1.82) is 0 Å². The molecule has 2 N–H and O–H groups in total. The van der Waals surface area contributed by atoms with E-state index in [4.69, 9.17) is 9.84 Å². The number of allylic oxidation sites excluding steroid dienone is 4. The van der Waals surface area contributed by atoms with E-state index in [-0.39, 0.29) is 0 Å². The molecule has 0 bridgehead atoms. The lowest BCUT2D eigenvalue weighted by molar-refractivity contribution is 0.201. The molecule has 2 aromatic rings. The first kappa shape index (κ1) is 24.0. The molecule has 0 spiro atoms. The topological polar surface area (TPSA) is 83.4 Å². The fourth-order valence-electron chi connectivity index (χ4n) is 2.41. The molecule has 0 fully saturated rings. The number of nitrogens with zero attached hydrogens (tertiary/aromatic N) is 4. The summed E-state index contributed by atoms with van der Waals surface area (Å²) in [7, 11) is 3.59. The van der Waals surface area contributed by atoms with Crippen LogP contribution in [-0.4, -0.2) is 53.9 Å². The number of aliphatic hydroxyl groups excluding tert-OH is 1. The number of hydrogen-bond acceptors (Lipinski definition) is 7. The molecule has 2 rings (SSSR count). The van der Waals surface area contributed by atoms with E-state index in [1.165, 1.54) is 6.33 Å². The molecule has 0 saturated heterocycles. The predicted octanol–water partition coefficient (Wildman–Crippen LogP) is 3.91. The third-order valence-electron chi connectivity index (χ3n) is 3.75. The molecule has 7 nitrogen and oxygen atoms in total. The molecule has 0 unspecified atom stereocenters. The zero-order valence-electron chi connectivity index (χ0n) is 17.5. The van der Waals surface area contributed by atoms with Crippen molar-refractivity contribution in [3.8, 4) is 0 Å². The van der Waals surface area contributed by atoms with Gasteiger partial charge in [-0.25, -0.2) is 9.97 Å². The lowest BCUT2D eigenvalue weighted by atomic mass is 10.1. The minimum absolute atomic E-state index is 0.718. The van der Waals surface area contributed by atoms with Gasteiger partial charge >= 0.3 is 0 Å². The summed E-state index contributed by atoms with van der Waals surface area (Å²) in [6.07, 6.45) is 12.0. The summed E-state index contributed by atoms with van der Waals surface area (Å²) in [4.78, 5) is 14.8. The Balaban J connectivity index is 0.000000612. The van der Waals surface area contributed by atoms with Crippen LogP contribution in [0.3, 0.4) is 0 Å². The maximum Gasteiger partial charge on any atom is 0.136 e. The molecule has 0 aromatic carbocycles. The second-order valence-corrected chi connectivity index (χ2v) is 5.89. The molecular formula is C22H31N5O2. The number of anilines is 2. The highest BCUT2D eigenvalue weighted by molar-refractivity contribution is 5.74. The van der Waals surface area contributed by atoms with E-state index < -0.39 is 0 Å². The molecule has 0 radical (unpaired) electrons. The van der Waals surface area contributed by atoms with Gasteiger partial charge in [-0.15, -0.1) is 0 Å². The number of rotatable bonds is 10. The maximum absolute atomic E-state index is 9.05. The largest absolute Gasteiger partial charge is 0.516 e. The molecule has 2 heterocycles. The van der Waals surface area contributed by atoms with Gasteiger partial charge in [0.05, 0.1) is 18.6 Å². The number of aliphatic hydroxyl groups is 1. The van der Waals surface area contributed by atoms with Gasteiger partial charge in [0.2, 0.25) is 0 Å². The highest BCUT2D eigenvalue weighted by atomic mass is 16.5. The third kappa shape index (κ3) is 8.68. The van der Waals surface area contributed by atoms with Crippen LogP contribution < -0.4 is 10.2 Å². The Labute approximate surface area is 173 Å². The summed E-state index contributed by atoms with van der Waals surface area (Å²) < 4.78 is 4.72. The smallest absolute Gasteiger partial charge is 0.136 e. The van der Waals surface area contributed by atoms with Crippen LogP contribution in [0.1, 0.15) is 19.0 Å². The molecule has 0 atom stereocenters. The quantitative estimate of drug-likeness (QED) is 0.357. The average Bonchev–Trinajstić information content (AvgIpc) is 2.77. The van der Waals surface area contributed by atoms with Crippen LogP contribution in [0.25, 0.3) is 5.57 Å². The molecule has 7 heteroatoms. The van der Waals surface area contributed by atoms with Crippen LogP contribution in [0.4, 0.5) is 11.5 Å². The first-order valence-corrected chi connectivity index (χ1v) is 9.48. The molecule has 0 saturated carbocycles. The van der Waals surface area contributed by atoms with Crippen LogP contribution in [-0.2, 0) is 4.74 Å². The molecule has 2 aromatic heterocycles. The Morgan fingerprint density at radius 3 is 2.62 bits per heavy atom. The number of nitrogens with one attached hydrogen (secondary N) is 1. The van der Waals surface area contributed by atoms with Gasteiger partial charge in [0.15, 0.2) is 0 Å².